The van der Waals surface area contributed by atoms with Crippen LogP contribution in [0.3, 0.4) is 0 Å². The van der Waals surface area contributed by atoms with Gasteiger partial charge in [-0.25, -0.2) is 0 Å². The maximum Gasteiger partial charge on any atom is 0.0271 e. The van der Waals surface area contributed by atoms with Crippen molar-refractivity contribution in [2.24, 2.45) is 5.73 Å². The van der Waals surface area contributed by atoms with E-state index in [4.69, 9.17) is 5.73 Å². The predicted octanol–water partition coefficient (Wildman–Crippen LogP) is 3.25. The van der Waals surface area contributed by atoms with E-state index in [0.29, 0.717) is 0 Å². The molecule has 0 spiro atoms. The SMILES string of the molecule is Cc1c(C)c(C)c(C(C)N)c(C)c1C. The predicted molar refractivity (Wildman–Crippen MR) is 62.7 cm³/mol. The molecule has 2 N–H and O–H groups in total. The zero-order valence-corrected chi connectivity index (χ0v) is 10.2. The third-order valence-electron chi connectivity index (χ3n) is 3.51. The number of benzene rings is 1. The Balaban J connectivity index is 3.60. The van der Waals surface area contributed by atoms with Crippen molar-refractivity contribution in [2.75, 3.05) is 0 Å². The van der Waals surface area contributed by atoms with Crippen LogP contribution in [0.4, 0.5) is 0 Å². The van der Waals surface area contributed by atoms with E-state index in [2.05, 4.69) is 41.5 Å². The van der Waals surface area contributed by atoms with Crippen molar-refractivity contribution in [3.63, 3.8) is 0 Å². The van der Waals surface area contributed by atoms with Gasteiger partial charge in [0.1, 0.15) is 0 Å². The molecule has 0 saturated heterocycles. The van der Waals surface area contributed by atoms with Crippen LogP contribution in [0, 0.1) is 34.6 Å². The molecule has 1 rings (SSSR count). The van der Waals surface area contributed by atoms with Crippen LogP contribution in [0.25, 0.3) is 0 Å². The molecule has 0 aliphatic carbocycles. The van der Waals surface area contributed by atoms with Crippen LogP contribution in [-0.2, 0) is 0 Å². The normalized spacial score (nSPS) is 13.1. The van der Waals surface area contributed by atoms with Crippen LogP contribution in [0.1, 0.15) is 46.3 Å². The molecule has 0 heterocycles. The van der Waals surface area contributed by atoms with Crippen LogP contribution in [0.5, 0.6) is 0 Å². The van der Waals surface area contributed by atoms with E-state index in [1.54, 1.807) is 0 Å². The zero-order chi connectivity index (χ0) is 11.0. The Labute approximate surface area is 87.3 Å². The van der Waals surface area contributed by atoms with Crippen molar-refractivity contribution in [1.82, 2.24) is 0 Å². The maximum absolute atomic E-state index is 6.00. The van der Waals surface area contributed by atoms with E-state index in [-0.39, 0.29) is 6.04 Å². The molecule has 1 aromatic carbocycles. The van der Waals surface area contributed by atoms with Crippen molar-refractivity contribution in [3.8, 4) is 0 Å². The average Bonchev–Trinajstić information content (AvgIpc) is 2.11. The van der Waals surface area contributed by atoms with Gasteiger partial charge in [0.15, 0.2) is 0 Å². The molecule has 1 aromatic rings. The minimum atomic E-state index is 0.132. The smallest absolute Gasteiger partial charge is 0.0271 e. The number of rotatable bonds is 1. The zero-order valence-electron chi connectivity index (χ0n) is 10.2. The number of nitrogens with two attached hydrogens (primary N) is 1. The summed E-state index contributed by atoms with van der Waals surface area (Å²) in [5, 5.41) is 0. The second kappa shape index (κ2) is 3.74. The van der Waals surface area contributed by atoms with Crippen LogP contribution >= 0.6 is 0 Å². The average molecular weight is 191 g/mol. The molecule has 0 saturated carbocycles. The fourth-order valence-electron chi connectivity index (χ4n) is 2.21. The highest BCUT2D eigenvalue weighted by Gasteiger charge is 2.14. The van der Waals surface area contributed by atoms with Crippen LogP contribution in [0.2, 0.25) is 0 Å². The number of hydrogen-bond donors (Lipinski definition) is 1. The van der Waals surface area contributed by atoms with Gasteiger partial charge in [-0.3, -0.25) is 0 Å². The lowest BCUT2D eigenvalue weighted by atomic mass is 9.87. The minimum Gasteiger partial charge on any atom is -0.324 e. The van der Waals surface area contributed by atoms with Gasteiger partial charge in [-0.1, -0.05) is 0 Å². The number of hydrogen-bond acceptors (Lipinski definition) is 1. The van der Waals surface area contributed by atoms with Crippen LogP contribution in [-0.4, -0.2) is 0 Å². The molecule has 1 nitrogen and oxygen atoms in total. The van der Waals surface area contributed by atoms with E-state index < -0.39 is 0 Å². The lowest BCUT2D eigenvalue weighted by Gasteiger charge is -2.20. The molecule has 1 heteroatoms. The molecule has 0 aliphatic heterocycles. The summed E-state index contributed by atoms with van der Waals surface area (Å²) in [6.07, 6.45) is 0. The first-order valence-corrected chi connectivity index (χ1v) is 5.20. The maximum atomic E-state index is 6.00. The monoisotopic (exact) mass is 191 g/mol. The van der Waals surface area contributed by atoms with Gasteiger partial charge in [0.25, 0.3) is 0 Å². The van der Waals surface area contributed by atoms with Gasteiger partial charge in [-0.15, -0.1) is 0 Å². The van der Waals surface area contributed by atoms with Crippen LogP contribution < -0.4 is 5.73 Å². The summed E-state index contributed by atoms with van der Waals surface area (Å²) < 4.78 is 0. The highest BCUT2D eigenvalue weighted by atomic mass is 14.6. The van der Waals surface area contributed by atoms with Gasteiger partial charge >= 0.3 is 0 Å². The van der Waals surface area contributed by atoms with Gasteiger partial charge in [-0.05, 0) is 74.9 Å². The van der Waals surface area contributed by atoms with E-state index >= 15 is 0 Å². The summed E-state index contributed by atoms with van der Waals surface area (Å²) in [7, 11) is 0. The second-order valence-electron chi connectivity index (χ2n) is 4.33. The molecule has 14 heavy (non-hydrogen) atoms. The largest absolute Gasteiger partial charge is 0.324 e. The second-order valence-corrected chi connectivity index (χ2v) is 4.33. The van der Waals surface area contributed by atoms with E-state index in [0.717, 1.165) is 0 Å². The highest BCUT2D eigenvalue weighted by Crippen LogP contribution is 2.29. The van der Waals surface area contributed by atoms with Crippen LogP contribution in [0.15, 0.2) is 0 Å². The van der Waals surface area contributed by atoms with E-state index in [9.17, 15) is 0 Å². The first-order chi connectivity index (χ1) is 6.37. The lowest BCUT2D eigenvalue weighted by Crippen LogP contribution is -2.12. The molecule has 1 unspecified atom stereocenters. The van der Waals surface area contributed by atoms with Crippen molar-refractivity contribution in [3.05, 3.63) is 33.4 Å². The molecular formula is C13H21N. The Bertz CT molecular complexity index is 333. The Morgan fingerprint density at radius 1 is 0.714 bits per heavy atom. The van der Waals surface area contributed by atoms with Crippen molar-refractivity contribution in [1.29, 1.82) is 0 Å². The van der Waals surface area contributed by atoms with Gasteiger partial charge in [0.2, 0.25) is 0 Å². The molecule has 0 aliphatic rings. The molecule has 78 valence electrons. The first-order valence-electron chi connectivity index (χ1n) is 5.20. The standard InChI is InChI=1S/C13H21N/c1-7-8(2)10(4)13(12(6)14)11(5)9(7)3/h12H,14H2,1-6H3. The van der Waals surface area contributed by atoms with Gasteiger partial charge in [0.05, 0.1) is 0 Å². The highest BCUT2D eigenvalue weighted by molar-refractivity contribution is 5.50. The summed E-state index contributed by atoms with van der Waals surface area (Å²) in [4.78, 5) is 0. The summed E-state index contributed by atoms with van der Waals surface area (Å²) in [6.45, 7) is 13.0. The van der Waals surface area contributed by atoms with Crippen molar-refractivity contribution < 1.29 is 0 Å². The third kappa shape index (κ3) is 1.57. The van der Waals surface area contributed by atoms with Gasteiger partial charge in [-0.2, -0.15) is 0 Å². The van der Waals surface area contributed by atoms with Crippen molar-refractivity contribution >= 4 is 0 Å². The minimum absolute atomic E-state index is 0.132. The quantitative estimate of drug-likeness (QED) is 0.724. The Kier molecular flexibility index (Phi) is 3.01. The summed E-state index contributed by atoms with van der Waals surface area (Å²) in [5.74, 6) is 0. The van der Waals surface area contributed by atoms with E-state index in [1.165, 1.54) is 33.4 Å². The Morgan fingerprint density at radius 2 is 1.00 bits per heavy atom. The summed E-state index contributed by atoms with van der Waals surface area (Å²) >= 11 is 0. The molecule has 0 aromatic heterocycles. The molecule has 0 bridgehead atoms. The summed E-state index contributed by atoms with van der Waals surface area (Å²) in [5.41, 5.74) is 14.2. The molecular weight excluding hydrogens is 170 g/mol. The molecule has 0 radical (unpaired) electrons. The van der Waals surface area contributed by atoms with E-state index in [1.807, 2.05) is 0 Å². The molecule has 0 fully saturated rings. The first kappa shape index (κ1) is 11.3. The molecule has 1 atom stereocenters. The molecule has 0 amide bonds. The van der Waals surface area contributed by atoms with Gasteiger partial charge in [0, 0.05) is 6.04 Å². The fraction of sp³-hybridized carbons (Fsp3) is 0.538. The fourth-order valence-corrected chi connectivity index (χ4v) is 2.21. The Morgan fingerprint density at radius 3 is 1.29 bits per heavy atom. The lowest BCUT2D eigenvalue weighted by molar-refractivity contribution is 0.795. The summed E-state index contributed by atoms with van der Waals surface area (Å²) in [6, 6.07) is 0.132. The Hall–Kier alpha value is -0.820. The third-order valence-corrected chi connectivity index (χ3v) is 3.51. The topological polar surface area (TPSA) is 26.0 Å². The van der Waals surface area contributed by atoms with Crippen molar-refractivity contribution in [2.45, 2.75) is 47.6 Å². The van der Waals surface area contributed by atoms with Gasteiger partial charge < -0.3 is 5.73 Å².